The van der Waals surface area contributed by atoms with E-state index in [2.05, 4.69) is 15.4 Å². The molecule has 2 amide bonds. The van der Waals surface area contributed by atoms with Crippen LogP contribution in [0.25, 0.3) is 0 Å². The highest BCUT2D eigenvalue weighted by Gasteiger charge is 2.26. The van der Waals surface area contributed by atoms with Crippen molar-refractivity contribution in [1.29, 1.82) is 0 Å². The van der Waals surface area contributed by atoms with E-state index < -0.39 is 0 Å². The largest absolute Gasteiger partial charge is 0.338 e. The van der Waals surface area contributed by atoms with Crippen molar-refractivity contribution < 1.29 is 9.59 Å². The van der Waals surface area contributed by atoms with Crippen LogP contribution in [0, 0.1) is 12.8 Å². The molecule has 3 rings (SSSR count). The van der Waals surface area contributed by atoms with Crippen molar-refractivity contribution in [3.8, 4) is 0 Å². The minimum Gasteiger partial charge on any atom is -0.338 e. The number of carbonyl (C=O) groups excluding carboxylic acids is 2. The molecule has 0 aromatic carbocycles. The fourth-order valence-corrected chi connectivity index (χ4v) is 3.36. The zero-order valence-corrected chi connectivity index (χ0v) is 16.2. The summed E-state index contributed by atoms with van der Waals surface area (Å²) < 4.78 is 1.88. The molecule has 3 heterocycles. The quantitative estimate of drug-likeness (QED) is 0.878. The molecule has 0 saturated carbocycles. The van der Waals surface area contributed by atoms with Crippen LogP contribution < -0.4 is 5.32 Å². The van der Waals surface area contributed by atoms with Gasteiger partial charge < -0.3 is 10.2 Å². The summed E-state index contributed by atoms with van der Waals surface area (Å²) in [5.74, 6) is 1.07. The summed E-state index contributed by atoms with van der Waals surface area (Å²) >= 11 is 0. The van der Waals surface area contributed by atoms with Crippen molar-refractivity contribution in [2.75, 3.05) is 18.4 Å². The highest BCUT2D eigenvalue weighted by molar-refractivity contribution is 5.94. The number of pyridine rings is 1. The Balaban J connectivity index is 1.60. The molecule has 7 heteroatoms. The van der Waals surface area contributed by atoms with E-state index in [1.54, 1.807) is 12.4 Å². The predicted octanol–water partition coefficient (Wildman–Crippen LogP) is 3.05. The van der Waals surface area contributed by atoms with Gasteiger partial charge in [-0.3, -0.25) is 14.6 Å². The van der Waals surface area contributed by atoms with E-state index in [0.717, 1.165) is 24.4 Å². The van der Waals surface area contributed by atoms with Crippen molar-refractivity contribution in [3.63, 3.8) is 0 Å². The topological polar surface area (TPSA) is 80.1 Å². The molecule has 2 aromatic heterocycles. The van der Waals surface area contributed by atoms with Crippen molar-refractivity contribution in [2.45, 2.75) is 46.1 Å². The Hall–Kier alpha value is -2.70. The summed E-state index contributed by atoms with van der Waals surface area (Å²) in [5, 5.41) is 7.36. The van der Waals surface area contributed by atoms with Crippen LogP contribution >= 0.6 is 0 Å². The van der Waals surface area contributed by atoms with Crippen LogP contribution in [0.3, 0.4) is 0 Å². The summed E-state index contributed by atoms with van der Waals surface area (Å²) in [7, 11) is 0. The van der Waals surface area contributed by atoms with E-state index in [4.69, 9.17) is 0 Å². The van der Waals surface area contributed by atoms with Gasteiger partial charge in [-0.15, -0.1) is 0 Å². The molecule has 0 aliphatic carbocycles. The number of aromatic nitrogens is 3. The lowest BCUT2D eigenvalue weighted by Crippen LogP contribution is -2.39. The standard InChI is InChI=1S/C20H27N5O2/c1-14(2)12-19(26)23-18-6-9-22-25(18)17-7-10-24(11-8-17)20(27)16-5-4-15(3)21-13-16/h4-6,9,13-14,17H,7-8,10-12H2,1-3H3,(H,23,26). The van der Waals surface area contributed by atoms with Crippen molar-refractivity contribution in [1.82, 2.24) is 19.7 Å². The number of hydrogen-bond acceptors (Lipinski definition) is 4. The second-order valence-corrected chi connectivity index (χ2v) is 7.52. The molecular weight excluding hydrogens is 342 g/mol. The fraction of sp³-hybridized carbons (Fsp3) is 0.500. The molecule has 27 heavy (non-hydrogen) atoms. The maximum absolute atomic E-state index is 12.6. The number of rotatable bonds is 5. The first-order valence-corrected chi connectivity index (χ1v) is 9.49. The van der Waals surface area contributed by atoms with E-state index in [-0.39, 0.29) is 17.9 Å². The van der Waals surface area contributed by atoms with E-state index in [9.17, 15) is 9.59 Å². The molecule has 1 aliphatic heterocycles. The van der Waals surface area contributed by atoms with Gasteiger partial charge in [0, 0.05) is 37.5 Å². The third kappa shape index (κ3) is 4.72. The Morgan fingerprint density at radius 2 is 1.96 bits per heavy atom. The lowest BCUT2D eigenvalue weighted by Gasteiger charge is -2.32. The molecule has 0 bridgehead atoms. The normalized spacial score (nSPS) is 15.2. The van der Waals surface area contributed by atoms with Gasteiger partial charge in [0.15, 0.2) is 0 Å². The number of likely N-dealkylation sites (tertiary alicyclic amines) is 1. The molecule has 0 radical (unpaired) electrons. The Labute approximate surface area is 159 Å². The Kier molecular flexibility index (Phi) is 5.88. The number of piperidine rings is 1. The molecule has 2 aromatic rings. The van der Waals surface area contributed by atoms with Crippen molar-refractivity contribution >= 4 is 17.6 Å². The molecule has 1 saturated heterocycles. The van der Waals surface area contributed by atoms with E-state index >= 15 is 0 Å². The lowest BCUT2D eigenvalue weighted by atomic mass is 10.0. The number of aryl methyl sites for hydroxylation is 1. The average molecular weight is 369 g/mol. The third-order valence-electron chi connectivity index (χ3n) is 4.79. The fourth-order valence-electron chi connectivity index (χ4n) is 3.36. The monoisotopic (exact) mass is 369 g/mol. The zero-order valence-electron chi connectivity index (χ0n) is 16.2. The van der Waals surface area contributed by atoms with Crippen LogP contribution in [0.2, 0.25) is 0 Å². The van der Waals surface area contributed by atoms with Gasteiger partial charge in [-0.25, -0.2) is 4.68 Å². The van der Waals surface area contributed by atoms with Gasteiger partial charge in [0.2, 0.25) is 5.91 Å². The van der Waals surface area contributed by atoms with Crippen molar-refractivity contribution in [2.24, 2.45) is 5.92 Å². The van der Waals surface area contributed by atoms with Crippen LogP contribution in [0.15, 0.2) is 30.6 Å². The summed E-state index contributed by atoms with van der Waals surface area (Å²) in [6, 6.07) is 5.69. The number of carbonyl (C=O) groups is 2. The number of nitrogens with one attached hydrogen (secondary N) is 1. The number of hydrogen-bond donors (Lipinski definition) is 1. The molecule has 7 nitrogen and oxygen atoms in total. The predicted molar refractivity (Wildman–Crippen MR) is 103 cm³/mol. The second-order valence-electron chi connectivity index (χ2n) is 7.52. The summed E-state index contributed by atoms with van der Waals surface area (Å²) in [4.78, 5) is 30.8. The number of nitrogens with zero attached hydrogens (tertiary/aromatic N) is 4. The third-order valence-corrected chi connectivity index (χ3v) is 4.79. The molecule has 1 aliphatic rings. The van der Waals surface area contributed by atoms with Crippen LogP contribution in [0.5, 0.6) is 0 Å². The molecule has 0 spiro atoms. The summed E-state index contributed by atoms with van der Waals surface area (Å²) in [6.07, 6.45) is 5.45. The van der Waals surface area contributed by atoms with Gasteiger partial charge >= 0.3 is 0 Å². The smallest absolute Gasteiger partial charge is 0.255 e. The molecular formula is C20H27N5O2. The summed E-state index contributed by atoms with van der Waals surface area (Å²) in [6.45, 7) is 7.27. The Morgan fingerprint density at radius 3 is 2.59 bits per heavy atom. The van der Waals surface area contributed by atoms with E-state index in [0.29, 0.717) is 31.0 Å². The van der Waals surface area contributed by atoms with Crippen LogP contribution in [-0.4, -0.2) is 44.6 Å². The van der Waals surface area contributed by atoms with Crippen LogP contribution in [0.1, 0.15) is 55.2 Å². The van der Waals surface area contributed by atoms with E-state index in [1.807, 2.05) is 48.6 Å². The maximum atomic E-state index is 12.6. The Morgan fingerprint density at radius 1 is 1.22 bits per heavy atom. The first-order valence-electron chi connectivity index (χ1n) is 9.49. The Bertz CT molecular complexity index is 789. The van der Waals surface area contributed by atoms with Crippen LogP contribution in [-0.2, 0) is 4.79 Å². The van der Waals surface area contributed by atoms with E-state index in [1.165, 1.54) is 0 Å². The van der Waals surface area contributed by atoms with Gasteiger partial charge in [-0.05, 0) is 37.8 Å². The van der Waals surface area contributed by atoms with Gasteiger partial charge in [0.25, 0.3) is 5.91 Å². The minimum absolute atomic E-state index is 0.00577. The first-order chi connectivity index (χ1) is 12.9. The number of amides is 2. The maximum Gasteiger partial charge on any atom is 0.255 e. The summed E-state index contributed by atoms with van der Waals surface area (Å²) in [5.41, 5.74) is 1.52. The van der Waals surface area contributed by atoms with Crippen molar-refractivity contribution in [3.05, 3.63) is 41.9 Å². The molecule has 144 valence electrons. The second kappa shape index (κ2) is 8.33. The molecule has 1 N–H and O–H groups in total. The number of anilines is 1. The van der Waals surface area contributed by atoms with Gasteiger partial charge in [-0.2, -0.15) is 5.10 Å². The van der Waals surface area contributed by atoms with Gasteiger partial charge in [0.1, 0.15) is 5.82 Å². The highest BCUT2D eigenvalue weighted by Crippen LogP contribution is 2.26. The highest BCUT2D eigenvalue weighted by atomic mass is 16.2. The first kappa shape index (κ1) is 19.1. The average Bonchev–Trinajstić information content (AvgIpc) is 3.09. The molecule has 0 unspecified atom stereocenters. The minimum atomic E-state index is 0.00577. The molecule has 1 fully saturated rings. The molecule has 0 atom stereocenters. The van der Waals surface area contributed by atoms with Gasteiger partial charge in [0.05, 0.1) is 17.8 Å². The lowest BCUT2D eigenvalue weighted by molar-refractivity contribution is -0.116. The SMILES string of the molecule is Cc1ccc(C(=O)N2CCC(n3nccc3NC(=O)CC(C)C)CC2)cn1. The van der Waals surface area contributed by atoms with Gasteiger partial charge in [-0.1, -0.05) is 13.8 Å². The zero-order chi connectivity index (χ0) is 19.4. The van der Waals surface area contributed by atoms with Crippen LogP contribution in [0.4, 0.5) is 5.82 Å².